The molecule has 0 aliphatic carbocycles. The van der Waals surface area contributed by atoms with Crippen molar-refractivity contribution in [1.82, 2.24) is 15.0 Å². The maximum atomic E-state index is 11.5. The Morgan fingerprint density at radius 2 is 1.37 bits per heavy atom. The van der Waals surface area contributed by atoms with Crippen molar-refractivity contribution in [1.29, 1.82) is 0 Å². The van der Waals surface area contributed by atoms with Gasteiger partial charge in [-0.25, -0.2) is 0 Å². The van der Waals surface area contributed by atoms with Gasteiger partial charge in [0.05, 0.1) is 41.5 Å². The summed E-state index contributed by atoms with van der Waals surface area (Å²) in [6.45, 7) is 1.15. The molecule has 0 saturated carbocycles. The predicted molar refractivity (Wildman–Crippen MR) is 118 cm³/mol. The van der Waals surface area contributed by atoms with Gasteiger partial charge in [-0.3, -0.25) is 15.0 Å². The molecule has 1 atom stereocenters. The molecule has 9 nitrogen and oxygen atoms in total. The molecule has 0 fully saturated rings. The molecule has 0 N–H and O–H groups in total. The van der Waals surface area contributed by atoms with Crippen LogP contribution in [-0.2, 0) is 12.8 Å². The molecule has 2 aromatic rings. The van der Waals surface area contributed by atoms with Crippen molar-refractivity contribution in [2.75, 3.05) is 33.2 Å². The summed E-state index contributed by atoms with van der Waals surface area (Å²) in [7, 11) is 1.55. The average molecular weight is 421 g/mol. The minimum atomic E-state index is -0.361. The van der Waals surface area contributed by atoms with Gasteiger partial charge in [0.2, 0.25) is 0 Å². The van der Waals surface area contributed by atoms with Crippen LogP contribution in [0, 0.1) is 14.7 Å². The summed E-state index contributed by atoms with van der Waals surface area (Å²) < 4.78 is 0. The number of nitrogens with zero attached hydrogens (tertiary/aromatic N) is 6. The monoisotopic (exact) mass is 421 g/mol. The summed E-state index contributed by atoms with van der Waals surface area (Å²) in [5, 5.41) is 13.1. The number of rotatable bonds is 14. The van der Waals surface area contributed by atoms with Crippen molar-refractivity contribution in [3.63, 3.8) is 0 Å². The van der Waals surface area contributed by atoms with Crippen LogP contribution in [0.5, 0.6) is 0 Å². The van der Waals surface area contributed by atoms with E-state index in [0.29, 0.717) is 19.4 Å². The normalized spacial score (nSPS) is 11.0. The first kappa shape index (κ1) is 25.7. The van der Waals surface area contributed by atoms with E-state index in [9.17, 15) is 14.7 Å². The zero-order valence-electron chi connectivity index (χ0n) is 17.5. The van der Waals surface area contributed by atoms with Gasteiger partial charge in [-0.2, -0.15) is 0 Å². The second-order valence-electron chi connectivity index (χ2n) is 6.78. The summed E-state index contributed by atoms with van der Waals surface area (Å²) in [5.74, 6) is 0. The number of likely N-dealkylation sites (N-methyl/N-ethyl adjacent to an activating group) is 1. The van der Waals surface area contributed by atoms with Gasteiger partial charge in [-0.1, -0.05) is 60.7 Å². The zero-order chi connectivity index (χ0) is 20.9. The molecule has 0 unspecified atom stereocenters. The van der Waals surface area contributed by atoms with Crippen molar-refractivity contribution in [2.45, 2.75) is 18.9 Å². The second kappa shape index (κ2) is 14.6. The Balaban J connectivity index is 0.00000450. The largest absolute Gasteiger partial charge is 0.262 e. The molecule has 0 bridgehead atoms. The minimum Gasteiger partial charge on any atom is -0.262 e. The van der Waals surface area contributed by atoms with E-state index in [1.807, 2.05) is 60.7 Å². The van der Waals surface area contributed by atoms with E-state index < -0.39 is 0 Å². The number of hydrogen-bond donors (Lipinski definition) is 0. The van der Waals surface area contributed by atoms with E-state index in [4.69, 9.17) is 0 Å². The van der Waals surface area contributed by atoms with E-state index in [0.717, 1.165) is 11.1 Å². The third-order valence-corrected chi connectivity index (χ3v) is 4.66. The molecule has 0 aromatic heterocycles. The zero-order valence-corrected chi connectivity index (χ0v) is 19.5. The Hall–Kier alpha value is -2.36. The van der Waals surface area contributed by atoms with E-state index in [2.05, 4.69) is 15.9 Å². The van der Waals surface area contributed by atoms with Crippen LogP contribution >= 0.6 is 0 Å². The molecule has 10 heteroatoms. The first-order valence-corrected chi connectivity index (χ1v) is 9.46. The van der Waals surface area contributed by atoms with Gasteiger partial charge in [0, 0.05) is 43.1 Å². The van der Waals surface area contributed by atoms with Gasteiger partial charge in [0.25, 0.3) is 0 Å². The van der Waals surface area contributed by atoms with Crippen LogP contribution in [0.2, 0.25) is 0 Å². The van der Waals surface area contributed by atoms with Gasteiger partial charge in [-0.05, 0) is 24.0 Å². The molecule has 0 aliphatic heterocycles. The van der Waals surface area contributed by atoms with Crippen LogP contribution in [-0.4, -0.2) is 83.9 Å². The number of nitroso groups, excluding NO2 is 3. The van der Waals surface area contributed by atoms with Crippen LogP contribution in [0.1, 0.15) is 11.1 Å². The van der Waals surface area contributed by atoms with Crippen molar-refractivity contribution >= 4 is 29.6 Å². The van der Waals surface area contributed by atoms with E-state index in [1.54, 1.807) is 7.05 Å². The smallest absolute Gasteiger partial charge is 0.0736 e. The molecule has 1 radical (unpaired) electrons. The van der Waals surface area contributed by atoms with Crippen LogP contribution < -0.4 is 0 Å². The Labute approximate surface area is 198 Å². The summed E-state index contributed by atoms with van der Waals surface area (Å²) in [4.78, 5) is 33.5. The number of hydrogen-bond acceptors (Lipinski definition) is 6. The van der Waals surface area contributed by atoms with Gasteiger partial charge >= 0.3 is 0 Å². The quantitative estimate of drug-likeness (QED) is 0.264. The van der Waals surface area contributed by atoms with E-state index >= 15 is 0 Å². The van der Waals surface area contributed by atoms with Crippen LogP contribution in [0.3, 0.4) is 0 Å². The molecule has 2 aromatic carbocycles. The molecule has 0 heterocycles. The molecule has 0 spiro atoms. The molecule has 2 rings (SSSR count). The molecule has 155 valence electrons. The van der Waals surface area contributed by atoms with Gasteiger partial charge < -0.3 is 0 Å². The van der Waals surface area contributed by atoms with Gasteiger partial charge in [0.15, 0.2) is 0 Å². The van der Waals surface area contributed by atoms with E-state index in [-0.39, 0.29) is 55.2 Å². The van der Waals surface area contributed by atoms with Gasteiger partial charge in [0.1, 0.15) is 0 Å². The summed E-state index contributed by atoms with van der Waals surface area (Å²) in [6, 6.07) is 19.1. The average Bonchev–Trinajstić information content (AvgIpc) is 2.77. The maximum absolute atomic E-state index is 11.5. The molecule has 0 aliphatic rings. The fraction of sp³-hybridized carbons (Fsp3) is 0.400. The maximum Gasteiger partial charge on any atom is 0.0736 e. The Kier molecular flexibility index (Phi) is 12.5. The summed E-state index contributed by atoms with van der Waals surface area (Å²) >= 11 is 0. The third kappa shape index (κ3) is 8.98. The SMILES string of the molecule is CN(C[C@H](Cc1ccccc1)N(CCN(CCc1ccccc1)N=O)N=O)N=O.[Na]. The molecule has 0 saturated heterocycles. The molecule has 0 amide bonds. The van der Waals surface area contributed by atoms with Crippen LogP contribution in [0.4, 0.5) is 0 Å². The first-order chi connectivity index (χ1) is 14.2. The van der Waals surface area contributed by atoms with Crippen LogP contribution in [0.25, 0.3) is 0 Å². The fourth-order valence-corrected chi connectivity index (χ4v) is 3.09. The Morgan fingerprint density at radius 1 is 0.767 bits per heavy atom. The van der Waals surface area contributed by atoms with Crippen molar-refractivity contribution in [3.05, 3.63) is 86.5 Å². The van der Waals surface area contributed by atoms with Crippen molar-refractivity contribution < 1.29 is 0 Å². The Morgan fingerprint density at radius 3 is 1.90 bits per heavy atom. The predicted octanol–water partition coefficient (Wildman–Crippen LogP) is 3.04. The molecule has 30 heavy (non-hydrogen) atoms. The fourth-order valence-electron chi connectivity index (χ4n) is 3.09. The minimum absolute atomic E-state index is 0. The standard InChI is InChI=1S/C20H26N6O3.Na/c1-24(21-27)17-20(16-19-10-6-3-7-11-19)26(23-29)15-14-25(22-28)13-12-18-8-4-2-5-9-18;/h2-11,20H,12-17H2,1H3;/t20-;/m0./s1. The van der Waals surface area contributed by atoms with Crippen LogP contribution in [0.15, 0.2) is 76.5 Å². The summed E-state index contributed by atoms with van der Waals surface area (Å²) in [5.41, 5.74) is 2.12. The molecular weight excluding hydrogens is 395 g/mol. The van der Waals surface area contributed by atoms with Crippen molar-refractivity contribution in [2.24, 2.45) is 15.9 Å². The molecular formula is C20H26N6NaO3. The van der Waals surface area contributed by atoms with Crippen molar-refractivity contribution in [3.8, 4) is 0 Å². The summed E-state index contributed by atoms with van der Waals surface area (Å²) in [6.07, 6.45) is 1.19. The topological polar surface area (TPSA) is 98.0 Å². The first-order valence-electron chi connectivity index (χ1n) is 9.46. The second-order valence-corrected chi connectivity index (χ2v) is 6.78. The number of benzene rings is 2. The van der Waals surface area contributed by atoms with E-state index in [1.165, 1.54) is 15.0 Å². The third-order valence-electron chi connectivity index (χ3n) is 4.66. The Bertz CT molecular complexity index is 753. The van der Waals surface area contributed by atoms with Gasteiger partial charge in [-0.15, -0.1) is 14.7 Å².